The van der Waals surface area contributed by atoms with Gasteiger partial charge in [-0.25, -0.2) is 0 Å². The van der Waals surface area contributed by atoms with E-state index < -0.39 is 0 Å². The topological polar surface area (TPSA) is 23.8 Å². The van der Waals surface area contributed by atoms with Crippen molar-refractivity contribution in [3.05, 3.63) is 20.5 Å². The second-order valence-corrected chi connectivity index (χ2v) is 4.60. The van der Waals surface area contributed by atoms with E-state index in [1.54, 1.807) is 0 Å². The Morgan fingerprint density at radius 3 is 2.44 bits per heavy atom. The number of nitrogens with zero attached hydrogens (tertiary/aromatic N) is 1. The van der Waals surface area contributed by atoms with E-state index in [9.17, 15) is 0 Å². The Bertz CT molecular complexity index is 235. The Hall–Kier alpha value is -0.511. The number of hydrogen-bond donors (Lipinski definition) is 0. The molecule has 0 aliphatic rings. The molecule has 9 heavy (non-hydrogen) atoms. The summed E-state index contributed by atoms with van der Waals surface area (Å²) in [5.41, 5.74) is 1.28. The van der Waals surface area contributed by atoms with Crippen molar-refractivity contribution >= 4 is 14.5 Å². The van der Waals surface area contributed by atoms with Crippen LogP contribution in [0.5, 0.6) is 0 Å². The first kappa shape index (κ1) is 6.61. The monoisotopic (exact) mass is 185 g/mol. The van der Waals surface area contributed by atoms with Crippen LogP contribution >= 0.6 is 0 Å². The van der Waals surface area contributed by atoms with Crippen LogP contribution in [0, 0.1) is 25.2 Å². The SMILES string of the molecule is Cc1cc(C#N)[se]c1C. The normalized spacial score (nSPS) is 9.00. The molecule has 0 saturated heterocycles. The van der Waals surface area contributed by atoms with Crippen molar-refractivity contribution in [1.29, 1.82) is 5.26 Å². The molecule has 0 spiro atoms. The fourth-order valence-corrected chi connectivity index (χ4v) is 2.37. The van der Waals surface area contributed by atoms with Gasteiger partial charge in [0.15, 0.2) is 0 Å². The van der Waals surface area contributed by atoms with Gasteiger partial charge in [0.2, 0.25) is 0 Å². The van der Waals surface area contributed by atoms with Crippen molar-refractivity contribution in [2.24, 2.45) is 0 Å². The van der Waals surface area contributed by atoms with E-state index in [1.807, 2.05) is 6.07 Å². The molecule has 0 aliphatic heterocycles. The first-order chi connectivity index (χ1) is 4.24. The molecule has 1 heterocycles. The summed E-state index contributed by atoms with van der Waals surface area (Å²) in [6, 6.07) is 4.15. The molecule has 0 radical (unpaired) electrons. The molecule has 0 amide bonds. The maximum atomic E-state index is 8.47. The van der Waals surface area contributed by atoms with Crippen LogP contribution in [0.1, 0.15) is 14.4 Å². The third-order valence-electron chi connectivity index (χ3n) is 1.28. The third-order valence-corrected chi connectivity index (χ3v) is 3.49. The van der Waals surface area contributed by atoms with Gasteiger partial charge in [-0.05, 0) is 0 Å². The molecule has 1 rings (SSSR count). The summed E-state index contributed by atoms with van der Waals surface area (Å²) in [6.07, 6.45) is 0. The van der Waals surface area contributed by atoms with Crippen molar-refractivity contribution in [2.45, 2.75) is 13.8 Å². The predicted octanol–water partition coefficient (Wildman–Crippen LogP) is 1.23. The van der Waals surface area contributed by atoms with Crippen molar-refractivity contribution in [2.75, 3.05) is 0 Å². The van der Waals surface area contributed by atoms with Crippen LogP contribution in [0.4, 0.5) is 0 Å². The summed E-state index contributed by atoms with van der Waals surface area (Å²) in [5.74, 6) is 0. The summed E-state index contributed by atoms with van der Waals surface area (Å²) in [7, 11) is 0. The van der Waals surface area contributed by atoms with Crippen LogP contribution in [-0.2, 0) is 0 Å². The molecule has 1 aromatic rings. The summed E-state index contributed by atoms with van der Waals surface area (Å²) in [4.78, 5) is 0. The quantitative estimate of drug-likeness (QED) is 0.556. The minimum absolute atomic E-state index is 0.346. The van der Waals surface area contributed by atoms with Gasteiger partial charge in [0, 0.05) is 0 Å². The van der Waals surface area contributed by atoms with Crippen LogP contribution in [0.25, 0.3) is 0 Å². The molecule has 0 aliphatic carbocycles. The molecular weight excluding hydrogens is 177 g/mol. The molecule has 0 bridgehead atoms. The second kappa shape index (κ2) is 2.39. The van der Waals surface area contributed by atoms with Gasteiger partial charge < -0.3 is 0 Å². The van der Waals surface area contributed by atoms with E-state index in [0.29, 0.717) is 14.5 Å². The van der Waals surface area contributed by atoms with Crippen molar-refractivity contribution in [3.63, 3.8) is 0 Å². The third kappa shape index (κ3) is 1.24. The zero-order valence-corrected chi connectivity index (χ0v) is 7.15. The van der Waals surface area contributed by atoms with Crippen molar-refractivity contribution < 1.29 is 0 Å². The molecule has 1 aromatic heterocycles. The van der Waals surface area contributed by atoms with E-state index in [2.05, 4.69) is 19.9 Å². The second-order valence-electron chi connectivity index (χ2n) is 1.96. The van der Waals surface area contributed by atoms with Gasteiger partial charge in [-0.3, -0.25) is 0 Å². The van der Waals surface area contributed by atoms with Crippen LogP contribution in [0.15, 0.2) is 6.07 Å². The maximum absolute atomic E-state index is 8.47. The van der Waals surface area contributed by atoms with Gasteiger partial charge in [0.05, 0.1) is 0 Å². The molecule has 0 saturated carbocycles. The number of nitriles is 1. The zero-order chi connectivity index (χ0) is 6.85. The van der Waals surface area contributed by atoms with E-state index in [1.165, 1.54) is 10.0 Å². The fourth-order valence-electron chi connectivity index (χ4n) is 0.628. The van der Waals surface area contributed by atoms with Gasteiger partial charge in [-0.15, -0.1) is 0 Å². The van der Waals surface area contributed by atoms with Crippen LogP contribution in [0.2, 0.25) is 0 Å². The zero-order valence-electron chi connectivity index (χ0n) is 5.43. The Morgan fingerprint density at radius 2 is 2.22 bits per heavy atom. The summed E-state index contributed by atoms with van der Waals surface area (Å²) in [6.45, 7) is 4.15. The van der Waals surface area contributed by atoms with E-state index in [0.717, 1.165) is 4.44 Å². The van der Waals surface area contributed by atoms with Gasteiger partial charge in [-0.1, -0.05) is 0 Å². The minimum atomic E-state index is 0.346. The first-order valence-corrected chi connectivity index (χ1v) is 4.42. The molecular formula is C7H7NSe. The van der Waals surface area contributed by atoms with Gasteiger partial charge in [0.25, 0.3) is 0 Å². The Morgan fingerprint density at radius 1 is 1.56 bits per heavy atom. The van der Waals surface area contributed by atoms with Gasteiger partial charge in [-0.2, -0.15) is 0 Å². The standard InChI is InChI=1S/C7H7NSe/c1-5-3-7(4-8)9-6(5)2/h3H,1-2H3. The molecule has 0 N–H and O–H groups in total. The molecule has 0 atom stereocenters. The number of rotatable bonds is 0. The van der Waals surface area contributed by atoms with Crippen LogP contribution in [0.3, 0.4) is 0 Å². The molecule has 46 valence electrons. The van der Waals surface area contributed by atoms with E-state index in [4.69, 9.17) is 5.26 Å². The molecule has 0 fully saturated rings. The van der Waals surface area contributed by atoms with E-state index >= 15 is 0 Å². The van der Waals surface area contributed by atoms with Gasteiger partial charge in [0.1, 0.15) is 0 Å². The summed E-state index contributed by atoms with van der Waals surface area (Å²) in [5, 5.41) is 8.47. The molecule has 1 nitrogen and oxygen atoms in total. The van der Waals surface area contributed by atoms with Crippen LogP contribution in [-0.4, -0.2) is 14.5 Å². The average molecular weight is 184 g/mol. The number of hydrogen-bond acceptors (Lipinski definition) is 1. The van der Waals surface area contributed by atoms with Gasteiger partial charge >= 0.3 is 60.2 Å². The Labute approximate surface area is 60.7 Å². The Balaban J connectivity index is 3.16. The number of aryl methyl sites for hydroxylation is 2. The van der Waals surface area contributed by atoms with Crippen LogP contribution < -0.4 is 0 Å². The summed E-state index contributed by atoms with van der Waals surface area (Å²) >= 11 is 0.346. The van der Waals surface area contributed by atoms with E-state index in [-0.39, 0.29) is 0 Å². The molecule has 2 heteroatoms. The summed E-state index contributed by atoms with van der Waals surface area (Å²) < 4.78 is 2.34. The van der Waals surface area contributed by atoms with Crippen molar-refractivity contribution in [1.82, 2.24) is 0 Å². The average Bonchev–Trinajstić information content (AvgIpc) is 2.13. The predicted molar refractivity (Wildman–Crippen MR) is 37.6 cm³/mol. The Kier molecular flexibility index (Phi) is 1.75. The molecule has 0 aromatic carbocycles. The first-order valence-electron chi connectivity index (χ1n) is 2.71. The molecule has 0 unspecified atom stereocenters. The fraction of sp³-hybridized carbons (Fsp3) is 0.286. The van der Waals surface area contributed by atoms with Crippen molar-refractivity contribution in [3.8, 4) is 6.07 Å².